The van der Waals surface area contributed by atoms with Crippen molar-refractivity contribution in [3.8, 4) is 5.75 Å². The third kappa shape index (κ3) is 5.50. The number of methoxy groups -OCH3 is 1. The first-order chi connectivity index (χ1) is 11.6. The first-order valence-corrected chi connectivity index (χ1v) is 6.77. The van der Waals surface area contributed by atoms with Crippen LogP contribution >= 0.6 is 0 Å². The number of nitrogens with zero attached hydrogens (tertiary/aromatic N) is 2. The van der Waals surface area contributed by atoms with Crippen molar-refractivity contribution in [2.24, 2.45) is 5.10 Å². The van der Waals surface area contributed by atoms with Gasteiger partial charge in [0, 0.05) is 24.8 Å². The lowest BCUT2D eigenvalue weighted by molar-refractivity contribution is -0.384. The maximum atomic E-state index is 11.8. The molecule has 8 heteroatoms. The number of amides is 1. The SMILES string of the molecule is CO.COc1ccc(C(=O)N/N=C/c2ccc([N+](=O)[O-])cc2)cc1. The first-order valence-electron chi connectivity index (χ1n) is 6.77. The molecule has 0 bridgehead atoms. The highest BCUT2D eigenvalue weighted by atomic mass is 16.6. The van der Waals surface area contributed by atoms with Gasteiger partial charge in [-0.25, -0.2) is 5.43 Å². The first kappa shape index (κ1) is 18.8. The van der Waals surface area contributed by atoms with Crippen LogP contribution in [0, 0.1) is 10.1 Å². The Labute approximate surface area is 138 Å². The van der Waals surface area contributed by atoms with Crippen molar-refractivity contribution in [2.75, 3.05) is 14.2 Å². The Kier molecular flexibility index (Phi) is 7.59. The lowest BCUT2D eigenvalue weighted by atomic mass is 10.2. The van der Waals surface area contributed by atoms with Crippen LogP contribution < -0.4 is 10.2 Å². The zero-order valence-electron chi connectivity index (χ0n) is 13.2. The second kappa shape index (κ2) is 9.70. The van der Waals surface area contributed by atoms with Crippen molar-refractivity contribution in [1.29, 1.82) is 0 Å². The minimum absolute atomic E-state index is 0.000539. The van der Waals surface area contributed by atoms with E-state index < -0.39 is 4.92 Å². The summed E-state index contributed by atoms with van der Waals surface area (Å²) in [6.07, 6.45) is 1.41. The zero-order valence-corrected chi connectivity index (χ0v) is 13.2. The molecule has 0 radical (unpaired) electrons. The van der Waals surface area contributed by atoms with E-state index in [1.54, 1.807) is 43.5 Å². The van der Waals surface area contributed by atoms with Crippen molar-refractivity contribution >= 4 is 17.8 Å². The topological polar surface area (TPSA) is 114 Å². The average molecular weight is 331 g/mol. The quantitative estimate of drug-likeness (QED) is 0.494. The number of ether oxygens (including phenoxy) is 1. The number of non-ortho nitro benzene ring substituents is 1. The molecule has 8 nitrogen and oxygen atoms in total. The molecular formula is C16H17N3O5. The van der Waals surface area contributed by atoms with E-state index in [2.05, 4.69) is 10.5 Å². The summed E-state index contributed by atoms with van der Waals surface area (Å²) in [5.41, 5.74) is 3.46. The molecule has 2 aromatic carbocycles. The molecule has 0 saturated carbocycles. The fourth-order valence-electron chi connectivity index (χ4n) is 1.65. The van der Waals surface area contributed by atoms with E-state index in [4.69, 9.17) is 9.84 Å². The van der Waals surface area contributed by atoms with Crippen molar-refractivity contribution in [3.05, 3.63) is 69.8 Å². The number of carbonyl (C=O) groups excluding carboxylic acids is 1. The van der Waals surface area contributed by atoms with E-state index in [9.17, 15) is 14.9 Å². The molecule has 2 N–H and O–H groups in total. The van der Waals surface area contributed by atoms with Crippen molar-refractivity contribution in [1.82, 2.24) is 5.43 Å². The summed E-state index contributed by atoms with van der Waals surface area (Å²) >= 11 is 0. The molecule has 0 aliphatic rings. The molecule has 0 aromatic heterocycles. The van der Waals surface area contributed by atoms with Crippen LogP contribution in [0.3, 0.4) is 0 Å². The minimum Gasteiger partial charge on any atom is -0.497 e. The van der Waals surface area contributed by atoms with E-state index in [1.807, 2.05) is 0 Å². The normalized spacial score (nSPS) is 9.79. The maximum absolute atomic E-state index is 11.8. The van der Waals surface area contributed by atoms with Gasteiger partial charge in [-0.05, 0) is 42.0 Å². The van der Waals surface area contributed by atoms with Crippen molar-refractivity contribution < 1.29 is 19.6 Å². The Hall–Kier alpha value is -3.26. The number of aliphatic hydroxyl groups is 1. The molecule has 0 aliphatic heterocycles. The number of benzene rings is 2. The molecule has 24 heavy (non-hydrogen) atoms. The summed E-state index contributed by atoms with van der Waals surface area (Å²) in [5, 5.41) is 21.3. The number of hydrogen-bond acceptors (Lipinski definition) is 6. The molecule has 0 saturated heterocycles. The van der Waals surface area contributed by atoms with Gasteiger partial charge in [0.1, 0.15) is 5.75 Å². The predicted molar refractivity (Wildman–Crippen MR) is 89.3 cm³/mol. The van der Waals surface area contributed by atoms with Crippen LogP contribution in [0.15, 0.2) is 53.6 Å². The summed E-state index contributed by atoms with van der Waals surface area (Å²) < 4.78 is 5.01. The van der Waals surface area contributed by atoms with E-state index in [0.29, 0.717) is 16.9 Å². The Balaban J connectivity index is 0.00000139. The molecular weight excluding hydrogens is 314 g/mol. The molecule has 2 aromatic rings. The highest BCUT2D eigenvalue weighted by Gasteiger charge is 2.04. The zero-order chi connectivity index (χ0) is 17.9. The maximum Gasteiger partial charge on any atom is 0.271 e. The summed E-state index contributed by atoms with van der Waals surface area (Å²) in [6, 6.07) is 12.4. The van der Waals surface area contributed by atoms with Gasteiger partial charge in [-0.2, -0.15) is 5.10 Å². The predicted octanol–water partition coefficient (Wildman–Crippen LogP) is 1.98. The van der Waals surface area contributed by atoms with Gasteiger partial charge in [0.2, 0.25) is 0 Å². The van der Waals surface area contributed by atoms with Crippen LogP contribution in [-0.2, 0) is 0 Å². The number of rotatable bonds is 5. The summed E-state index contributed by atoms with van der Waals surface area (Å²) in [7, 11) is 2.55. The van der Waals surface area contributed by atoms with E-state index in [-0.39, 0.29) is 11.6 Å². The molecule has 1 amide bonds. The van der Waals surface area contributed by atoms with Crippen LogP contribution in [-0.4, -0.2) is 36.4 Å². The molecule has 0 aliphatic carbocycles. The molecule has 126 valence electrons. The fourth-order valence-corrected chi connectivity index (χ4v) is 1.65. The molecule has 0 atom stereocenters. The second-order valence-electron chi connectivity index (χ2n) is 4.28. The number of hydrogen-bond donors (Lipinski definition) is 2. The number of hydrazone groups is 1. The lowest BCUT2D eigenvalue weighted by Gasteiger charge is -2.02. The average Bonchev–Trinajstić information content (AvgIpc) is 2.63. The van der Waals surface area contributed by atoms with Gasteiger partial charge in [-0.3, -0.25) is 14.9 Å². The van der Waals surface area contributed by atoms with Gasteiger partial charge < -0.3 is 9.84 Å². The number of nitro groups is 1. The Morgan fingerprint density at radius 3 is 2.25 bits per heavy atom. The van der Waals surface area contributed by atoms with Gasteiger partial charge in [-0.15, -0.1) is 0 Å². The Morgan fingerprint density at radius 2 is 1.75 bits per heavy atom. The minimum atomic E-state index is -0.480. The van der Waals surface area contributed by atoms with E-state index in [0.717, 1.165) is 7.11 Å². The van der Waals surface area contributed by atoms with Gasteiger partial charge in [-0.1, -0.05) is 0 Å². The summed E-state index contributed by atoms with van der Waals surface area (Å²) in [6.45, 7) is 0. The number of carbonyl (C=O) groups is 1. The second-order valence-corrected chi connectivity index (χ2v) is 4.28. The van der Waals surface area contributed by atoms with Crippen LogP contribution in [0.5, 0.6) is 5.75 Å². The third-order valence-corrected chi connectivity index (χ3v) is 2.84. The Bertz CT molecular complexity index is 697. The summed E-state index contributed by atoms with van der Waals surface area (Å²) in [5.74, 6) is 0.298. The highest BCUT2D eigenvalue weighted by Crippen LogP contribution is 2.11. The molecule has 0 spiro atoms. The molecule has 2 rings (SSSR count). The monoisotopic (exact) mass is 331 g/mol. The smallest absolute Gasteiger partial charge is 0.271 e. The largest absolute Gasteiger partial charge is 0.497 e. The Morgan fingerprint density at radius 1 is 1.17 bits per heavy atom. The number of nitrogens with one attached hydrogen (secondary N) is 1. The molecule has 0 fully saturated rings. The lowest BCUT2D eigenvalue weighted by Crippen LogP contribution is -2.17. The van der Waals surface area contributed by atoms with Gasteiger partial charge in [0.25, 0.3) is 11.6 Å². The molecule has 0 unspecified atom stereocenters. The standard InChI is InChI=1S/C15H13N3O4.CH4O/c1-22-14-8-4-12(5-9-14)15(19)17-16-10-11-2-6-13(7-3-11)18(20)21;1-2/h2-10H,1H3,(H,17,19);2H,1H3/b16-10+;. The van der Waals surface area contributed by atoms with E-state index in [1.165, 1.54) is 18.3 Å². The highest BCUT2D eigenvalue weighted by molar-refractivity contribution is 5.95. The van der Waals surface area contributed by atoms with Crippen LogP contribution in [0.1, 0.15) is 15.9 Å². The third-order valence-electron chi connectivity index (χ3n) is 2.84. The van der Waals surface area contributed by atoms with Crippen molar-refractivity contribution in [2.45, 2.75) is 0 Å². The van der Waals surface area contributed by atoms with Crippen LogP contribution in [0.25, 0.3) is 0 Å². The summed E-state index contributed by atoms with van der Waals surface area (Å²) in [4.78, 5) is 21.9. The van der Waals surface area contributed by atoms with Crippen LogP contribution in [0.2, 0.25) is 0 Å². The van der Waals surface area contributed by atoms with Gasteiger partial charge >= 0.3 is 0 Å². The number of nitro benzene ring substituents is 1. The van der Waals surface area contributed by atoms with Crippen LogP contribution in [0.4, 0.5) is 5.69 Å². The van der Waals surface area contributed by atoms with E-state index >= 15 is 0 Å². The van der Waals surface area contributed by atoms with Gasteiger partial charge in [0.15, 0.2) is 0 Å². The molecule has 0 heterocycles. The number of aliphatic hydroxyl groups excluding tert-OH is 1. The fraction of sp³-hybridized carbons (Fsp3) is 0.125. The van der Waals surface area contributed by atoms with Crippen molar-refractivity contribution in [3.63, 3.8) is 0 Å². The van der Waals surface area contributed by atoms with Gasteiger partial charge in [0.05, 0.1) is 18.2 Å².